The number of rotatable bonds is 7. The zero-order valence-electron chi connectivity index (χ0n) is 13.0. The highest BCUT2D eigenvalue weighted by Crippen LogP contribution is 2.21. The second-order valence-electron chi connectivity index (χ2n) is 5.63. The van der Waals surface area contributed by atoms with Gasteiger partial charge in [-0.2, -0.15) is 11.3 Å². The van der Waals surface area contributed by atoms with Crippen molar-refractivity contribution in [2.45, 2.75) is 25.4 Å². The van der Waals surface area contributed by atoms with Crippen LogP contribution in [0.3, 0.4) is 0 Å². The van der Waals surface area contributed by atoms with Crippen LogP contribution in [-0.4, -0.2) is 24.2 Å². The third-order valence-corrected chi connectivity index (χ3v) is 4.24. The van der Waals surface area contributed by atoms with E-state index in [1.54, 1.807) is 13.0 Å². The lowest BCUT2D eigenvalue weighted by Crippen LogP contribution is -2.43. The van der Waals surface area contributed by atoms with Crippen molar-refractivity contribution in [2.75, 3.05) is 13.1 Å². The highest BCUT2D eigenvalue weighted by molar-refractivity contribution is 7.08. The molecule has 3 N–H and O–H groups in total. The molecule has 2 aromatic rings. The van der Waals surface area contributed by atoms with E-state index in [9.17, 15) is 14.3 Å². The predicted molar refractivity (Wildman–Crippen MR) is 90.0 cm³/mol. The first-order valence-corrected chi connectivity index (χ1v) is 8.43. The Bertz CT molecular complexity index is 629. The van der Waals surface area contributed by atoms with Gasteiger partial charge in [0.2, 0.25) is 0 Å². The number of aryl methyl sites for hydroxylation is 1. The highest BCUT2D eigenvalue weighted by Gasteiger charge is 2.23. The summed E-state index contributed by atoms with van der Waals surface area (Å²) in [6.45, 7) is 2.29. The Kier molecular flexibility index (Phi) is 6.12. The zero-order chi connectivity index (χ0) is 16.7. The lowest BCUT2D eigenvalue weighted by atomic mass is 9.99. The van der Waals surface area contributed by atoms with Gasteiger partial charge in [-0.05, 0) is 59.9 Å². The molecule has 4 nitrogen and oxygen atoms in total. The molecular formula is C17H21FN2O2S. The van der Waals surface area contributed by atoms with E-state index < -0.39 is 5.60 Å². The number of aliphatic hydroxyl groups is 1. The van der Waals surface area contributed by atoms with Crippen LogP contribution in [0.15, 0.2) is 41.1 Å². The minimum Gasteiger partial charge on any atom is -0.384 e. The van der Waals surface area contributed by atoms with Gasteiger partial charge in [0.05, 0.1) is 6.54 Å². The Morgan fingerprint density at radius 3 is 2.87 bits per heavy atom. The quantitative estimate of drug-likeness (QED) is 0.681. The Morgan fingerprint density at radius 1 is 1.35 bits per heavy atom. The summed E-state index contributed by atoms with van der Waals surface area (Å²) >= 11 is 1.50. The number of carbonyl (C=O) groups excluding carboxylic acids is 1. The van der Waals surface area contributed by atoms with Crippen molar-refractivity contribution in [3.8, 4) is 0 Å². The number of hydrogen-bond acceptors (Lipinski definition) is 3. The van der Waals surface area contributed by atoms with Crippen LogP contribution in [0.25, 0.3) is 0 Å². The largest absolute Gasteiger partial charge is 0.384 e. The fraction of sp³-hybridized carbons (Fsp3) is 0.353. The molecular weight excluding hydrogens is 315 g/mol. The lowest BCUT2D eigenvalue weighted by Gasteiger charge is -2.22. The van der Waals surface area contributed by atoms with Crippen LogP contribution >= 0.6 is 11.3 Å². The van der Waals surface area contributed by atoms with Gasteiger partial charge in [0.1, 0.15) is 11.4 Å². The molecule has 1 aromatic heterocycles. The van der Waals surface area contributed by atoms with Gasteiger partial charge in [-0.1, -0.05) is 12.1 Å². The first-order valence-electron chi connectivity index (χ1n) is 7.48. The minimum atomic E-state index is -1.08. The molecule has 0 radical (unpaired) electrons. The highest BCUT2D eigenvalue weighted by atomic mass is 32.1. The van der Waals surface area contributed by atoms with E-state index in [0.29, 0.717) is 13.0 Å². The maximum atomic E-state index is 13.0. The number of thiophene rings is 1. The molecule has 0 fully saturated rings. The van der Waals surface area contributed by atoms with Gasteiger partial charge in [-0.15, -0.1) is 0 Å². The van der Waals surface area contributed by atoms with Crippen LogP contribution in [-0.2, 0) is 12.0 Å². The number of nitrogens with one attached hydrogen (secondary N) is 2. The molecule has 0 saturated carbocycles. The fourth-order valence-electron chi connectivity index (χ4n) is 2.17. The lowest BCUT2D eigenvalue weighted by molar-refractivity contribution is 0.0598. The molecule has 2 rings (SSSR count). The van der Waals surface area contributed by atoms with E-state index >= 15 is 0 Å². The SMILES string of the molecule is CC(O)(CNC(=O)NCCCc1cccc(F)c1)c1ccsc1. The molecule has 6 heteroatoms. The van der Waals surface area contributed by atoms with E-state index in [2.05, 4.69) is 10.6 Å². The van der Waals surface area contributed by atoms with Crippen LogP contribution < -0.4 is 10.6 Å². The van der Waals surface area contributed by atoms with Gasteiger partial charge in [0.15, 0.2) is 0 Å². The van der Waals surface area contributed by atoms with E-state index in [0.717, 1.165) is 17.5 Å². The molecule has 1 heterocycles. The predicted octanol–water partition coefficient (Wildman–Crippen LogP) is 3.03. The minimum absolute atomic E-state index is 0.138. The summed E-state index contributed by atoms with van der Waals surface area (Å²) in [6.07, 6.45) is 1.42. The van der Waals surface area contributed by atoms with Gasteiger partial charge in [-0.25, -0.2) is 9.18 Å². The monoisotopic (exact) mass is 336 g/mol. The van der Waals surface area contributed by atoms with Gasteiger partial charge in [0.25, 0.3) is 0 Å². The first kappa shape index (κ1) is 17.4. The van der Waals surface area contributed by atoms with Crippen LogP contribution in [0.1, 0.15) is 24.5 Å². The fourth-order valence-corrected chi connectivity index (χ4v) is 2.96. The second kappa shape index (κ2) is 8.08. The van der Waals surface area contributed by atoms with Crippen molar-refractivity contribution in [1.82, 2.24) is 10.6 Å². The van der Waals surface area contributed by atoms with E-state index in [-0.39, 0.29) is 18.4 Å². The first-order chi connectivity index (χ1) is 11.0. The molecule has 0 saturated heterocycles. The van der Waals surface area contributed by atoms with E-state index in [4.69, 9.17) is 0 Å². The van der Waals surface area contributed by atoms with Gasteiger partial charge in [-0.3, -0.25) is 0 Å². The maximum Gasteiger partial charge on any atom is 0.314 e. The smallest absolute Gasteiger partial charge is 0.314 e. The summed E-state index contributed by atoms with van der Waals surface area (Å²) in [4.78, 5) is 11.7. The maximum absolute atomic E-state index is 13.0. The molecule has 0 aliphatic rings. The molecule has 0 aliphatic heterocycles. The summed E-state index contributed by atoms with van der Waals surface area (Å²) in [5, 5.41) is 19.4. The van der Waals surface area contributed by atoms with Crippen molar-refractivity contribution in [1.29, 1.82) is 0 Å². The summed E-state index contributed by atoms with van der Waals surface area (Å²) in [5.74, 6) is -0.246. The van der Waals surface area contributed by atoms with Gasteiger partial charge in [0, 0.05) is 6.54 Å². The Balaban J connectivity index is 1.65. The average molecular weight is 336 g/mol. The van der Waals surface area contributed by atoms with Gasteiger partial charge < -0.3 is 15.7 Å². The molecule has 0 bridgehead atoms. The number of carbonyl (C=O) groups is 1. The van der Waals surface area contributed by atoms with Gasteiger partial charge >= 0.3 is 6.03 Å². The molecule has 1 aromatic carbocycles. The van der Waals surface area contributed by atoms with E-state index in [1.807, 2.05) is 22.9 Å². The molecule has 0 spiro atoms. The van der Waals surface area contributed by atoms with Crippen LogP contribution in [0.5, 0.6) is 0 Å². The average Bonchev–Trinajstić information content (AvgIpc) is 3.05. The molecule has 1 unspecified atom stereocenters. The molecule has 0 aliphatic carbocycles. The number of halogens is 1. The van der Waals surface area contributed by atoms with Crippen LogP contribution in [0, 0.1) is 5.82 Å². The Hall–Kier alpha value is -1.92. The summed E-state index contributed by atoms with van der Waals surface area (Å²) in [7, 11) is 0. The van der Waals surface area contributed by atoms with Crippen molar-refractivity contribution in [3.63, 3.8) is 0 Å². The van der Waals surface area contributed by atoms with Crippen molar-refractivity contribution < 1.29 is 14.3 Å². The molecule has 2 amide bonds. The number of amides is 2. The zero-order valence-corrected chi connectivity index (χ0v) is 13.8. The van der Waals surface area contributed by atoms with E-state index in [1.165, 1.54) is 23.5 Å². The molecule has 1 atom stereocenters. The number of urea groups is 1. The third kappa shape index (κ3) is 5.65. The summed E-state index contributed by atoms with van der Waals surface area (Å²) in [5.41, 5.74) is 0.611. The Labute approximate surface area is 139 Å². The molecule has 124 valence electrons. The summed E-state index contributed by atoms with van der Waals surface area (Å²) < 4.78 is 13.0. The normalized spacial score (nSPS) is 13.3. The summed E-state index contributed by atoms with van der Waals surface area (Å²) in [6, 6.07) is 7.97. The Morgan fingerprint density at radius 2 is 2.17 bits per heavy atom. The van der Waals surface area contributed by atoms with Crippen LogP contribution in [0.4, 0.5) is 9.18 Å². The van der Waals surface area contributed by atoms with Crippen molar-refractivity contribution in [3.05, 3.63) is 58.0 Å². The second-order valence-corrected chi connectivity index (χ2v) is 6.41. The topological polar surface area (TPSA) is 61.4 Å². The third-order valence-electron chi connectivity index (χ3n) is 3.55. The standard InChI is InChI=1S/C17H21FN2O2S/c1-17(22,14-7-9-23-11-14)12-20-16(21)19-8-3-5-13-4-2-6-15(18)10-13/h2,4,6-7,9-11,22H,3,5,8,12H2,1H3,(H2,19,20,21). The van der Waals surface area contributed by atoms with Crippen molar-refractivity contribution in [2.24, 2.45) is 0 Å². The molecule has 23 heavy (non-hydrogen) atoms. The van der Waals surface area contributed by atoms with Crippen molar-refractivity contribution >= 4 is 17.4 Å². The van der Waals surface area contributed by atoms with Crippen LogP contribution in [0.2, 0.25) is 0 Å². The number of hydrogen-bond donors (Lipinski definition) is 3. The number of benzene rings is 1.